The lowest BCUT2D eigenvalue weighted by Crippen LogP contribution is -2.50. The molecule has 1 atom stereocenters. The number of carboxylic acid groups (broad SMARTS) is 1. The summed E-state index contributed by atoms with van der Waals surface area (Å²) < 4.78 is 5.55. The summed E-state index contributed by atoms with van der Waals surface area (Å²) in [6.07, 6.45) is 1.54. The first-order chi connectivity index (χ1) is 13.1. The van der Waals surface area contributed by atoms with Gasteiger partial charge in [-0.3, -0.25) is 4.79 Å². The van der Waals surface area contributed by atoms with Gasteiger partial charge in [0.25, 0.3) is 0 Å². The molecule has 4 aliphatic carbocycles. The first-order valence-electron chi connectivity index (χ1n) is 9.43. The Labute approximate surface area is 157 Å². The highest BCUT2D eigenvalue weighted by molar-refractivity contribution is 5.80. The summed E-state index contributed by atoms with van der Waals surface area (Å²) in [6.45, 7) is 0.246. The lowest BCUT2D eigenvalue weighted by molar-refractivity contribution is -0.154. The molecule has 0 aliphatic heterocycles. The molecular formula is C22H21NO4. The van der Waals surface area contributed by atoms with Crippen LogP contribution < -0.4 is 5.32 Å². The van der Waals surface area contributed by atoms with Crippen molar-refractivity contribution in [2.75, 3.05) is 6.61 Å². The van der Waals surface area contributed by atoms with Crippen LogP contribution >= 0.6 is 0 Å². The molecule has 2 N–H and O–H groups in total. The largest absolute Gasteiger partial charge is 0.481 e. The molecule has 27 heavy (non-hydrogen) atoms. The van der Waals surface area contributed by atoms with Crippen molar-refractivity contribution in [2.45, 2.75) is 31.2 Å². The summed E-state index contributed by atoms with van der Waals surface area (Å²) in [6, 6.07) is 16.1. The minimum absolute atomic E-state index is 0.00818. The van der Waals surface area contributed by atoms with Crippen LogP contribution in [0.2, 0.25) is 0 Å². The fourth-order valence-electron chi connectivity index (χ4n) is 5.28. The summed E-state index contributed by atoms with van der Waals surface area (Å²) in [5.41, 5.74) is 3.91. The molecule has 0 aromatic heterocycles. The Kier molecular flexibility index (Phi) is 3.54. The molecule has 0 heterocycles. The SMILES string of the molecule is O=C(NC1CC2CC1(C(=O)O)C2)OCC1c2ccccc2-c2ccccc21. The van der Waals surface area contributed by atoms with Gasteiger partial charge in [0.1, 0.15) is 6.61 Å². The van der Waals surface area contributed by atoms with Gasteiger partial charge in [0, 0.05) is 12.0 Å². The molecule has 0 radical (unpaired) electrons. The van der Waals surface area contributed by atoms with Gasteiger partial charge in [-0.25, -0.2) is 4.79 Å². The van der Waals surface area contributed by atoms with Gasteiger partial charge >= 0.3 is 12.1 Å². The van der Waals surface area contributed by atoms with Crippen LogP contribution in [0.4, 0.5) is 4.79 Å². The highest BCUT2D eigenvalue weighted by Gasteiger charge is 2.62. The highest BCUT2D eigenvalue weighted by Crippen LogP contribution is 2.58. The Morgan fingerprint density at radius 1 is 1.04 bits per heavy atom. The summed E-state index contributed by atoms with van der Waals surface area (Å²) in [4.78, 5) is 24.0. The average Bonchev–Trinajstić information content (AvgIpc) is 3.27. The van der Waals surface area contributed by atoms with Crippen LogP contribution in [0.15, 0.2) is 48.5 Å². The third-order valence-electron chi connectivity index (χ3n) is 6.60. The van der Waals surface area contributed by atoms with Crippen LogP contribution in [0, 0.1) is 11.3 Å². The van der Waals surface area contributed by atoms with Crippen LogP contribution in [0.5, 0.6) is 0 Å². The Bertz CT molecular complexity index is 886. The molecule has 0 spiro atoms. The van der Waals surface area contributed by atoms with Crippen LogP contribution in [0.3, 0.4) is 0 Å². The number of carbonyl (C=O) groups excluding carboxylic acids is 1. The summed E-state index contributed by atoms with van der Waals surface area (Å²) in [5.74, 6) is -0.381. The van der Waals surface area contributed by atoms with E-state index in [1.54, 1.807) is 0 Å². The van der Waals surface area contributed by atoms with Gasteiger partial charge in [0.15, 0.2) is 0 Å². The first kappa shape index (κ1) is 16.4. The summed E-state index contributed by atoms with van der Waals surface area (Å²) in [7, 11) is 0. The molecule has 0 saturated heterocycles. The molecule has 2 bridgehead atoms. The summed E-state index contributed by atoms with van der Waals surface area (Å²) in [5, 5.41) is 12.3. The van der Waals surface area contributed by atoms with Crippen LogP contribution in [0.25, 0.3) is 11.1 Å². The van der Waals surface area contributed by atoms with E-state index in [-0.39, 0.29) is 18.6 Å². The van der Waals surface area contributed by atoms with Crippen molar-refractivity contribution in [3.63, 3.8) is 0 Å². The first-order valence-corrected chi connectivity index (χ1v) is 9.43. The van der Waals surface area contributed by atoms with Crippen molar-refractivity contribution in [1.82, 2.24) is 5.32 Å². The minimum Gasteiger partial charge on any atom is -0.481 e. The number of amides is 1. The van der Waals surface area contributed by atoms with Crippen LogP contribution in [-0.4, -0.2) is 29.8 Å². The van der Waals surface area contributed by atoms with E-state index in [1.165, 1.54) is 11.1 Å². The second kappa shape index (κ2) is 5.84. The number of rotatable bonds is 4. The normalized spacial score (nSPS) is 27.4. The zero-order chi connectivity index (χ0) is 18.6. The number of hydrogen-bond donors (Lipinski definition) is 2. The number of fused-ring (bicyclic) bond motifs is 4. The molecule has 1 amide bonds. The molecule has 4 aliphatic rings. The van der Waals surface area contributed by atoms with Crippen LogP contribution in [-0.2, 0) is 9.53 Å². The molecule has 1 unspecified atom stereocenters. The van der Waals surface area contributed by atoms with Crippen molar-refractivity contribution in [1.29, 1.82) is 0 Å². The Morgan fingerprint density at radius 2 is 1.63 bits per heavy atom. The standard InChI is InChI=1S/C22H21NO4/c24-20(25)22-10-13(11-22)9-19(22)23-21(26)27-12-18-16-7-3-1-5-14(16)15-6-2-4-8-17(15)18/h1-8,13,18-19H,9-12H2,(H,23,26)(H,24,25). The molecule has 2 aromatic carbocycles. The van der Waals surface area contributed by atoms with Gasteiger partial charge in [-0.1, -0.05) is 48.5 Å². The lowest BCUT2D eigenvalue weighted by Gasteiger charge is -2.36. The van der Waals surface area contributed by atoms with Gasteiger partial charge in [-0.05, 0) is 47.4 Å². The molecular weight excluding hydrogens is 342 g/mol. The molecule has 3 fully saturated rings. The van der Waals surface area contributed by atoms with Gasteiger partial charge in [0.05, 0.1) is 5.41 Å². The van der Waals surface area contributed by atoms with E-state index >= 15 is 0 Å². The third-order valence-corrected chi connectivity index (χ3v) is 6.60. The molecule has 138 valence electrons. The fraction of sp³-hybridized carbons (Fsp3) is 0.364. The maximum atomic E-state index is 12.4. The minimum atomic E-state index is -0.805. The second-order valence-corrected chi connectivity index (χ2v) is 7.99. The van der Waals surface area contributed by atoms with Gasteiger partial charge < -0.3 is 15.2 Å². The number of aliphatic carboxylic acids is 1. The Morgan fingerprint density at radius 3 is 2.22 bits per heavy atom. The maximum Gasteiger partial charge on any atom is 0.407 e. The van der Waals surface area contributed by atoms with Gasteiger partial charge in [-0.15, -0.1) is 0 Å². The predicted octanol–water partition coefficient (Wildman–Crippen LogP) is 3.78. The zero-order valence-corrected chi connectivity index (χ0v) is 14.9. The molecule has 3 saturated carbocycles. The highest BCUT2D eigenvalue weighted by atomic mass is 16.5. The van der Waals surface area contributed by atoms with Gasteiger partial charge in [0.2, 0.25) is 0 Å². The monoisotopic (exact) mass is 363 g/mol. The molecule has 2 aromatic rings. The van der Waals surface area contributed by atoms with E-state index in [1.807, 2.05) is 24.3 Å². The van der Waals surface area contributed by atoms with E-state index in [0.29, 0.717) is 18.8 Å². The van der Waals surface area contributed by atoms with E-state index in [9.17, 15) is 14.7 Å². The predicted molar refractivity (Wildman–Crippen MR) is 99.4 cm³/mol. The molecule has 5 heteroatoms. The Hall–Kier alpha value is -2.82. The quantitative estimate of drug-likeness (QED) is 0.867. The topological polar surface area (TPSA) is 75.6 Å². The smallest absolute Gasteiger partial charge is 0.407 e. The van der Waals surface area contributed by atoms with Crippen molar-refractivity contribution >= 4 is 12.1 Å². The third kappa shape index (κ3) is 2.37. The number of nitrogens with one attached hydrogen (secondary N) is 1. The number of carbonyl (C=O) groups is 2. The van der Waals surface area contributed by atoms with E-state index in [2.05, 4.69) is 29.6 Å². The second-order valence-electron chi connectivity index (χ2n) is 7.99. The van der Waals surface area contributed by atoms with Gasteiger partial charge in [-0.2, -0.15) is 0 Å². The van der Waals surface area contributed by atoms with E-state index < -0.39 is 17.5 Å². The molecule has 5 nitrogen and oxygen atoms in total. The van der Waals surface area contributed by atoms with Crippen LogP contribution in [0.1, 0.15) is 36.3 Å². The number of alkyl carbamates (subject to hydrolysis) is 1. The van der Waals surface area contributed by atoms with Crippen molar-refractivity contribution < 1.29 is 19.4 Å². The number of hydrogen-bond acceptors (Lipinski definition) is 3. The van der Waals surface area contributed by atoms with E-state index in [0.717, 1.165) is 17.5 Å². The average molecular weight is 363 g/mol. The molecule has 6 rings (SSSR count). The van der Waals surface area contributed by atoms with Crippen molar-refractivity contribution in [3.05, 3.63) is 59.7 Å². The number of ether oxygens (including phenoxy) is 1. The fourth-order valence-corrected chi connectivity index (χ4v) is 5.28. The van der Waals surface area contributed by atoms with E-state index in [4.69, 9.17) is 4.74 Å². The van der Waals surface area contributed by atoms with Crippen molar-refractivity contribution in [2.24, 2.45) is 11.3 Å². The van der Waals surface area contributed by atoms with Crippen molar-refractivity contribution in [3.8, 4) is 11.1 Å². The summed E-state index contributed by atoms with van der Waals surface area (Å²) >= 11 is 0. The number of benzene rings is 2. The Balaban J connectivity index is 1.29. The number of carboxylic acids is 1. The lowest BCUT2D eigenvalue weighted by atomic mass is 9.68. The zero-order valence-electron chi connectivity index (χ0n) is 14.9. The maximum absolute atomic E-state index is 12.4.